The van der Waals surface area contributed by atoms with Crippen molar-refractivity contribution in [2.24, 2.45) is 17.6 Å². The highest BCUT2D eigenvalue weighted by molar-refractivity contribution is 5.94. The minimum atomic E-state index is -4.59. The molecule has 6 nitrogen and oxygen atoms in total. The van der Waals surface area contributed by atoms with Crippen LogP contribution in [0.4, 0.5) is 13.2 Å². The Morgan fingerprint density at radius 2 is 2.04 bits per heavy atom. The third-order valence-corrected chi connectivity index (χ3v) is 4.23. The molecule has 128 valence electrons. The number of amides is 2. The summed E-state index contributed by atoms with van der Waals surface area (Å²) < 4.78 is 40.8. The highest BCUT2D eigenvalue weighted by Gasteiger charge is 2.53. The van der Waals surface area contributed by atoms with E-state index in [0.717, 1.165) is 10.5 Å². The zero-order valence-electron chi connectivity index (χ0n) is 12.7. The Balaban J connectivity index is 1.87. The van der Waals surface area contributed by atoms with Crippen molar-refractivity contribution in [3.8, 4) is 0 Å². The van der Waals surface area contributed by atoms with Crippen molar-refractivity contribution in [3.05, 3.63) is 35.8 Å². The number of carbonyl (C=O) groups is 2. The number of primary amides is 1. The lowest BCUT2D eigenvalue weighted by Crippen LogP contribution is -2.37. The summed E-state index contributed by atoms with van der Waals surface area (Å²) in [5, 5.41) is 0. The van der Waals surface area contributed by atoms with Gasteiger partial charge in [-0.3, -0.25) is 9.59 Å². The van der Waals surface area contributed by atoms with E-state index in [1.807, 2.05) is 13.0 Å². The molecule has 0 unspecified atom stereocenters. The SMILES string of the molecule is Cc1ccn2cc(C(=O)N3C[C@@H](C(F)(F)F)[C@H](C(N)=O)C3)nc2c1. The van der Waals surface area contributed by atoms with E-state index < -0.39 is 36.4 Å². The lowest BCUT2D eigenvalue weighted by atomic mass is 9.95. The number of pyridine rings is 1. The van der Waals surface area contributed by atoms with E-state index in [2.05, 4.69) is 4.98 Å². The maximum absolute atomic E-state index is 13.1. The Hall–Kier alpha value is -2.58. The van der Waals surface area contributed by atoms with Crippen LogP contribution >= 0.6 is 0 Å². The summed E-state index contributed by atoms with van der Waals surface area (Å²) in [6.45, 7) is 0.913. The number of rotatable bonds is 2. The molecule has 1 aliphatic rings. The number of hydrogen-bond donors (Lipinski definition) is 1. The molecular weight excluding hydrogens is 325 g/mol. The van der Waals surface area contributed by atoms with Crippen molar-refractivity contribution in [1.82, 2.24) is 14.3 Å². The lowest BCUT2D eigenvalue weighted by Gasteiger charge is -2.18. The van der Waals surface area contributed by atoms with Crippen LogP contribution in [0.2, 0.25) is 0 Å². The number of aromatic nitrogens is 2. The highest BCUT2D eigenvalue weighted by Crippen LogP contribution is 2.37. The highest BCUT2D eigenvalue weighted by atomic mass is 19.4. The predicted octanol–water partition coefficient (Wildman–Crippen LogP) is 1.38. The molecule has 2 atom stereocenters. The Kier molecular flexibility index (Phi) is 3.73. The monoisotopic (exact) mass is 340 g/mol. The van der Waals surface area contributed by atoms with E-state index in [1.54, 1.807) is 16.7 Å². The second-order valence-corrected chi connectivity index (χ2v) is 5.96. The van der Waals surface area contributed by atoms with Crippen molar-refractivity contribution in [3.63, 3.8) is 0 Å². The molecule has 2 aromatic heterocycles. The minimum Gasteiger partial charge on any atom is -0.369 e. The number of carbonyl (C=O) groups excluding carboxylic acids is 2. The number of aryl methyl sites for hydroxylation is 1. The molecule has 1 fully saturated rings. The maximum Gasteiger partial charge on any atom is 0.394 e. The van der Waals surface area contributed by atoms with Crippen molar-refractivity contribution in [2.45, 2.75) is 13.1 Å². The Bertz CT molecular complexity index is 815. The predicted molar refractivity (Wildman–Crippen MR) is 78.1 cm³/mol. The summed E-state index contributed by atoms with van der Waals surface area (Å²) in [6, 6.07) is 3.58. The smallest absolute Gasteiger partial charge is 0.369 e. The van der Waals surface area contributed by atoms with Crippen molar-refractivity contribution in [1.29, 1.82) is 0 Å². The van der Waals surface area contributed by atoms with Crippen molar-refractivity contribution in [2.75, 3.05) is 13.1 Å². The summed E-state index contributed by atoms with van der Waals surface area (Å²) in [7, 11) is 0. The van der Waals surface area contributed by atoms with E-state index in [-0.39, 0.29) is 12.2 Å². The maximum atomic E-state index is 13.1. The number of nitrogens with zero attached hydrogens (tertiary/aromatic N) is 3. The molecule has 3 heterocycles. The second-order valence-electron chi connectivity index (χ2n) is 5.96. The standard InChI is InChI=1S/C15H15F3N4O2/c1-8-2-3-21-7-11(20-12(21)4-8)14(24)22-5-9(13(19)23)10(6-22)15(16,17)18/h2-4,7,9-10H,5-6H2,1H3,(H2,19,23)/t9-,10-/m1/s1. The fourth-order valence-corrected chi connectivity index (χ4v) is 2.94. The Labute approximate surface area is 135 Å². The summed E-state index contributed by atoms with van der Waals surface area (Å²) in [5.41, 5.74) is 6.57. The minimum absolute atomic E-state index is 0.0339. The van der Waals surface area contributed by atoms with Gasteiger partial charge in [-0.1, -0.05) is 0 Å². The van der Waals surface area contributed by atoms with Gasteiger partial charge in [-0.15, -0.1) is 0 Å². The number of imidazole rings is 1. The molecule has 0 aliphatic carbocycles. The average molecular weight is 340 g/mol. The Morgan fingerprint density at radius 1 is 1.33 bits per heavy atom. The fourth-order valence-electron chi connectivity index (χ4n) is 2.94. The molecule has 2 aromatic rings. The summed E-state index contributed by atoms with van der Waals surface area (Å²) in [4.78, 5) is 28.9. The van der Waals surface area contributed by atoms with Gasteiger partial charge in [-0.05, 0) is 24.6 Å². The topological polar surface area (TPSA) is 80.7 Å². The summed E-state index contributed by atoms with van der Waals surface area (Å²) >= 11 is 0. The molecule has 0 bridgehead atoms. The molecule has 0 radical (unpaired) electrons. The molecule has 0 aromatic carbocycles. The Morgan fingerprint density at radius 3 is 2.62 bits per heavy atom. The van der Waals surface area contributed by atoms with Gasteiger partial charge in [-0.2, -0.15) is 13.2 Å². The van der Waals surface area contributed by atoms with Gasteiger partial charge in [0.25, 0.3) is 5.91 Å². The van der Waals surface area contributed by atoms with Gasteiger partial charge in [0, 0.05) is 25.5 Å². The lowest BCUT2D eigenvalue weighted by molar-refractivity contribution is -0.182. The summed E-state index contributed by atoms with van der Waals surface area (Å²) in [6.07, 6.45) is -1.43. The summed E-state index contributed by atoms with van der Waals surface area (Å²) in [5.74, 6) is -5.08. The van der Waals surface area contributed by atoms with Crippen LogP contribution in [0.5, 0.6) is 0 Å². The molecule has 0 spiro atoms. The first-order valence-electron chi connectivity index (χ1n) is 7.27. The van der Waals surface area contributed by atoms with Crippen LogP contribution < -0.4 is 5.73 Å². The largest absolute Gasteiger partial charge is 0.394 e. The first-order valence-corrected chi connectivity index (χ1v) is 7.27. The van der Waals surface area contributed by atoms with Crippen molar-refractivity contribution >= 4 is 17.5 Å². The third kappa shape index (κ3) is 2.81. The van der Waals surface area contributed by atoms with Crippen LogP contribution in [-0.4, -0.2) is 45.4 Å². The molecule has 2 amide bonds. The number of nitrogens with two attached hydrogens (primary N) is 1. The normalized spacial score (nSPS) is 21.4. The molecular formula is C15H15F3N4O2. The number of alkyl halides is 3. The van der Waals surface area contributed by atoms with Crippen LogP contribution in [0.3, 0.4) is 0 Å². The number of likely N-dealkylation sites (tertiary alicyclic amines) is 1. The van der Waals surface area contributed by atoms with Gasteiger partial charge >= 0.3 is 6.18 Å². The quantitative estimate of drug-likeness (QED) is 0.897. The van der Waals surface area contributed by atoms with Gasteiger partial charge < -0.3 is 15.0 Å². The third-order valence-electron chi connectivity index (χ3n) is 4.23. The van der Waals surface area contributed by atoms with Gasteiger partial charge in [0.2, 0.25) is 5.91 Å². The fraction of sp³-hybridized carbons (Fsp3) is 0.400. The van der Waals surface area contributed by atoms with Crippen LogP contribution in [0.25, 0.3) is 5.65 Å². The van der Waals surface area contributed by atoms with Crippen LogP contribution in [0, 0.1) is 18.8 Å². The second kappa shape index (κ2) is 5.50. The molecule has 3 rings (SSSR count). The van der Waals surface area contributed by atoms with Gasteiger partial charge in [0.05, 0.1) is 11.8 Å². The number of fused-ring (bicyclic) bond motifs is 1. The number of halogens is 3. The van der Waals surface area contributed by atoms with Gasteiger partial charge in [-0.25, -0.2) is 4.98 Å². The van der Waals surface area contributed by atoms with Gasteiger partial charge in [0.1, 0.15) is 11.3 Å². The first-order chi connectivity index (χ1) is 11.2. The zero-order valence-corrected chi connectivity index (χ0v) is 12.7. The number of hydrogen-bond acceptors (Lipinski definition) is 3. The molecule has 0 saturated carbocycles. The van der Waals surface area contributed by atoms with Crippen LogP contribution in [0.1, 0.15) is 16.1 Å². The zero-order chi connectivity index (χ0) is 17.6. The van der Waals surface area contributed by atoms with E-state index in [4.69, 9.17) is 5.73 Å². The van der Waals surface area contributed by atoms with Crippen molar-refractivity contribution < 1.29 is 22.8 Å². The van der Waals surface area contributed by atoms with E-state index in [9.17, 15) is 22.8 Å². The van der Waals surface area contributed by atoms with Crippen LogP contribution in [-0.2, 0) is 4.79 Å². The van der Waals surface area contributed by atoms with E-state index >= 15 is 0 Å². The molecule has 1 aliphatic heterocycles. The van der Waals surface area contributed by atoms with E-state index in [1.165, 1.54) is 6.20 Å². The van der Waals surface area contributed by atoms with Gasteiger partial charge in [0.15, 0.2) is 0 Å². The average Bonchev–Trinajstić information content (AvgIpc) is 3.09. The molecule has 24 heavy (non-hydrogen) atoms. The molecule has 1 saturated heterocycles. The van der Waals surface area contributed by atoms with E-state index in [0.29, 0.717) is 5.65 Å². The molecule has 9 heteroatoms. The van der Waals surface area contributed by atoms with Crippen LogP contribution in [0.15, 0.2) is 24.5 Å². The molecule has 2 N–H and O–H groups in total. The first kappa shape index (κ1) is 16.3.